The maximum absolute atomic E-state index is 2.43. The summed E-state index contributed by atoms with van der Waals surface area (Å²) < 4.78 is 2.43. The summed E-state index contributed by atoms with van der Waals surface area (Å²) in [5.74, 6) is 0. The molecule has 0 aliphatic heterocycles. The number of aromatic nitrogens is 1. The molecule has 0 fully saturated rings. The summed E-state index contributed by atoms with van der Waals surface area (Å²) in [5.41, 5.74) is 2.66. The molecule has 1 nitrogen and oxygen atoms in total. The summed E-state index contributed by atoms with van der Waals surface area (Å²) in [4.78, 5) is 0. The lowest BCUT2D eigenvalue weighted by Crippen LogP contribution is -1.92. The second-order valence-electron chi connectivity index (χ2n) is 6.18. The number of benzene rings is 4. The molecule has 0 bridgehead atoms. The Bertz CT molecular complexity index is 1100. The van der Waals surface area contributed by atoms with Gasteiger partial charge in [0.1, 0.15) is 0 Å². The topological polar surface area (TPSA) is 4.93 Å². The zero-order valence-corrected chi connectivity index (χ0v) is 13.1. The Balaban J connectivity index is 2.05. The minimum absolute atomic E-state index is 0.983. The van der Waals surface area contributed by atoms with Crippen LogP contribution in [0.4, 0.5) is 0 Å². The molecule has 0 aliphatic rings. The van der Waals surface area contributed by atoms with Gasteiger partial charge in [0.2, 0.25) is 0 Å². The fourth-order valence-electron chi connectivity index (χ4n) is 3.81. The SMILES string of the molecule is CCn1c2cc3ccccc3cc2c2cc3ccccc3cc21. The second kappa shape index (κ2) is 4.60. The van der Waals surface area contributed by atoms with E-state index in [1.807, 2.05) is 0 Å². The number of hydrogen-bond acceptors (Lipinski definition) is 0. The molecule has 0 aliphatic carbocycles. The van der Waals surface area contributed by atoms with Crippen molar-refractivity contribution in [2.24, 2.45) is 0 Å². The van der Waals surface area contributed by atoms with Crippen LogP contribution in [0.1, 0.15) is 6.92 Å². The molecule has 110 valence electrons. The molecule has 0 radical (unpaired) electrons. The van der Waals surface area contributed by atoms with E-state index in [1.165, 1.54) is 43.4 Å². The summed E-state index contributed by atoms with van der Waals surface area (Å²) in [6.07, 6.45) is 0. The van der Waals surface area contributed by atoms with Crippen LogP contribution in [0.25, 0.3) is 43.4 Å². The average molecular weight is 295 g/mol. The van der Waals surface area contributed by atoms with Crippen molar-refractivity contribution in [3.63, 3.8) is 0 Å². The monoisotopic (exact) mass is 295 g/mol. The van der Waals surface area contributed by atoms with Gasteiger partial charge in [-0.2, -0.15) is 0 Å². The van der Waals surface area contributed by atoms with Gasteiger partial charge in [0.15, 0.2) is 0 Å². The summed E-state index contributed by atoms with van der Waals surface area (Å²) in [7, 11) is 0. The van der Waals surface area contributed by atoms with Gasteiger partial charge in [-0.15, -0.1) is 0 Å². The zero-order chi connectivity index (χ0) is 15.4. The molecule has 0 N–H and O–H groups in total. The molecule has 0 spiro atoms. The fourth-order valence-corrected chi connectivity index (χ4v) is 3.81. The van der Waals surface area contributed by atoms with Crippen LogP contribution >= 0.6 is 0 Å². The van der Waals surface area contributed by atoms with Crippen LogP contribution in [0, 0.1) is 0 Å². The smallest absolute Gasteiger partial charge is 0.0497 e. The zero-order valence-electron chi connectivity index (χ0n) is 13.1. The van der Waals surface area contributed by atoms with Crippen LogP contribution in [0.5, 0.6) is 0 Å². The lowest BCUT2D eigenvalue weighted by atomic mass is 10.0. The third-order valence-electron chi connectivity index (χ3n) is 4.92. The average Bonchev–Trinajstić information content (AvgIpc) is 2.89. The van der Waals surface area contributed by atoms with E-state index in [-0.39, 0.29) is 0 Å². The van der Waals surface area contributed by atoms with Gasteiger partial charge in [0.25, 0.3) is 0 Å². The number of rotatable bonds is 1. The largest absolute Gasteiger partial charge is 0.341 e. The van der Waals surface area contributed by atoms with Gasteiger partial charge in [-0.3, -0.25) is 0 Å². The van der Waals surface area contributed by atoms with Crippen molar-refractivity contribution < 1.29 is 0 Å². The van der Waals surface area contributed by atoms with Crippen molar-refractivity contribution >= 4 is 43.4 Å². The predicted molar refractivity (Wildman–Crippen MR) is 100 cm³/mol. The molecule has 0 atom stereocenters. The Morgan fingerprint density at radius 2 is 1.00 bits per heavy atom. The third-order valence-corrected chi connectivity index (χ3v) is 4.92. The molecule has 0 saturated carbocycles. The Morgan fingerprint density at radius 3 is 1.39 bits per heavy atom. The highest BCUT2D eigenvalue weighted by Gasteiger charge is 2.11. The number of aryl methyl sites for hydroxylation is 1. The van der Waals surface area contributed by atoms with Crippen molar-refractivity contribution in [3.05, 3.63) is 72.8 Å². The molecule has 1 heterocycles. The Kier molecular flexibility index (Phi) is 2.54. The molecule has 1 heteroatoms. The van der Waals surface area contributed by atoms with Crippen LogP contribution in [0.15, 0.2) is 72.8 Å². The standard InChI is InChI=1S/C22H17N/c1-2-23-21-13-17-9-5-3-7-15(17)11-19(21)20-12-16-8-4-6-10-18(16)14-22(20)23/h3-14H,2H2,1H3. The second-order valence-corrected chi connectivity index (χ2v) is 6.18. The summed E-state index contributed by atoms with van der Waals surface area (Å²) in [5, 5.41) is 7.94. The van der Waals surface area contributed by atoms with Crippen molar-refractivity contribution in [1.82, 2.24) is 4.57 Å². The van der Waals surface area contributed by atoms with Gasteiger partial charge in [0.05, 0.1) is 0 Å². The minimum Gasteiger partial charge on any atom is -0.341 e. The first-order chi connectivity index (χ1) is 11.3. The molecule has 0 unspecified atom stereocenters. The predicted octanol–water partition coefficient (Wildman–Crippen LogP) is 6.12. The van der Waals surface area contributed by atoms with E-state index < -0.39 is 0 Å². The van der Waals surface area contributed by atoms with Gasteiger partial charge in [-0.25, -0.2) is 0 Å². The van der Waals surface area contributed by atoms with E-state index in [4.69, 9.17) is 0 Å². The van der Waals surface area contributed by atoms with Gasteiger partial charge >= 0.3 is 0 Å². The van der Waals surface area contributed by atoms with E-state index in [0.717, 1.165) is 6.54 Å². The minimum atomic E-state index is 0.983. The van der Waals surface area contributed by atoms with E-state index in [2.05, 4.69) is 84.3 Å². The van der Waals surface area contributed by atoms with Gasteiger partial charge < -0.3 is 4.57 Å². The molecular formula is C22H17N. The van der Waals surface area contributed by atoms with Crippen molar-refractivity contribution in [2.75, 3.05) is 0 Å². The number of nitrogens with zero attached hydrogens (tertiary/aromatic N) is 1. The summed E-state index contributed by atoms with van der Waals surface area (Å²) >= 11 is 0. The first-order valence-electron chi connectivity index (χ1n) is 8.18. The highest BCUT2D eigenvalue weighted by atomic mass is 15.0. The Hall–Kier alpha value is -2.80. The van der Waals surface area contributed by atoms with Gasteiger partial charge in [-0.05, 0) is 52.7 Å². The summed E-state index contributed by atoms with van der Waals surface area (Å²) in [6.45, 7) is 3.21. The van der Waals surface area contributed by atoms with Crippen molar-refractivity contribution in [3.8, 4) is 0 Å². The van der Waals surface area contributed by atoms with Crippen molar-refractivity contribution in [1.29, 1.82) is 0 Å². The van der Waals surface area contributed by atoms with Crippen LogP contribution < -0.4 is 0 Å². The van der Waals surface area contributed by atoms with Crippen molar-refractivity contribution in [2.45, 2.75) is 13.5 Å². The summed E-state index contributed by atoms with van der Waals surface area (Å²) in [6, 6.07) is 26.6. The maximum atomic E-state index is 2.43. The molecule has 1 aromatic heterocycles. The van der Waals surface area contributed by atoms with Gasteiger partial charge in [-0.1, -0.05) is 48.5 Å². The molecule has 0 saturated heterocycles. The normalized spacial score (nSPS) is 11.9. The number of hydrogen-bond donors (Lipinski definition) is 0. The van der Waals surface area contributed by atoms with E-state index in [9.17, 15) is 0 Å². The van der Waals surface area contributed by atoms with Crippen LogP contribution in [0.3, 0.4) is 0 Å². The molecule has 5 rings (SSSR count). The molecule has 4 aromatic carbocycles. The van der Waals surface area contributed by atoms with E-state index in [1.54, 1.807) is 0 Å². The number of fused-ring (bicyclic) bond motifs is 5. The first kappa shape index (κ1) is 12.7. The maximum Gasteiger partial charge on any atom is 0.0497 e. The quantitative estimate of drug-likeness (QED) is 0.351. The highest BCUT2D eigenvalue weighted by Crippen LogP contribution is 2.34. The van der Waals surface area contributed by atoms with E-state index in [0.29, 0.717) is 0 Å². The van der Waals surface area contributed by atoms with Crippen LogP contribution in [-0.4, -0.2) is 4.57 Å². The lowest BCUT2D eigenvalue weighted by Gasteiger charge is -2.05. The molecular weight excluding hydrogens is 278 g/mol. The van der Waals surface area contributed by atoms with Gasteiger partial charge in [0, 0.05) is 28.4 Å². The first-order valence-corrected chi connectivity index (χ1v) is 8.18. The fraction of sp³-hybridized carbons (Fsp3) is 0.0909. The van der Waals surface area contributed by atoms with Crippen LogP contribution in [-0.2, 0) is 6.54 Å². The lowest BCUT2D eigenvalue weighted by molar-refractivity contribution is 0.828. The third kappa shape index (κ3) is 1.74. The highest BCUT2D eigenvalue weighted by molar-refractivity contribution is 6.15. The van der Waals surface area contributed by atoms with E-state index >= 15 is 0 Å². The molecule has 23 heavy (non-hydrogen) atoms. The van der Waals surface area contributed by atoms with Crippen LogP contribution in [0.2, 0.25) is 0 Å². The Morgan fingerprint density at radius 1 is 0.609 bits per heavy atom. The molecule has 5 aromatic rings. The Labute approximate surface area is 134 Å². The molecule has 0 amide bonds.